The number of carbonyl (C=O) groups excluding carboxylic acids is 1. The van der Waals surface area contributed by atoms with Crippen LogP contribution < -0.4 is 4.18 Å². The summed E-state index contributed by atoms with van der Waals surface area (Å²) in [7, 11) is -6.95. The maximum Gasteiger partial charge on any atom is 0.488 e. The van der Waals surface area contributed by atoms with Crippen LogP contribution in [0.5, 0.6) is 5.75 Å². The Bertz CT molecular complexity index is 837. The van der Waals surface area contributed by atoms with E-state index in [2.05, 4.69) is 15.6 Å². The van der Waals surface area contributed by atoms with Gasteiger partial charge in [-0.05, 0) is 39.8 Å². The van der Waals surface area contributed by atoms with Crippen LogP contribution in [0.25, 0.3) is 0 Å². The molecule has 0 aliphatic carbocycles. The SMILES string of the molecule is Cc1c(C#C[Si](C)(C)C)cc(C(=O)OC(C)(C)C)cc1OS(=O)(=O)F. The van der Waals surface area contributed by atoms with E-state index in [9.17, 15) is 17.1 Å². The lowest BCUT2D eigenvalue weighted by atomic mass is 10.0. The van der Waals surface area contributed by atoms with Crippen LogP contribution >= 0.6 is 0 Å². The van der Waals surface area contributed by atoms with Gasteiger partial charge in [0.05, 0.1) is 5.56 Å². The molecule has 0 saturated heterocycles. The van der Waals surface area contributed by atoms with Crippen LogP contribution in [-0.4, -0.2) is 28.1 Å². The first-order valence-electron chi connectivity index (χ1n) is 7.63. The molecule has 1 aromatic rings. The summed E-state index contributed by atoms with van der Waals surface area (Å²) in [5.74, 6) is 1.98. The summed E-state index contributed by atoms with van der Waals surface area (Å²) in [5, 5.41) is 0. The molecule has 1 aromatic carbocycles. The summed E-state index contributed by atoms with van der Waals surface area (Å²) >= 11 is 0. The van der Waals surface area contributed by atoms with Gasteiger partial charge in [0.15, 0.2) is 0 Å². The van der Waals surface area contributed by atoms with E-state index in [-0.39, 0.29) is 11.3 Å². The van der Waals surface area contributed by atoms with Crippen LogP contribution in [-0.2, 0) is 15.2 Å². The topological polar surface area (TPSA) is 69.7 Å². The Morgan fingerprint density at radius 3 is 2.20 bits per heavy atom. The molecule has 0 unspecified atom stereocenters. The number of hydrogen-bond donors (Lipinski definition) is 0. The molecule has 8 heteroatoms. The molecule has 1 rings (SSSR count). The van der Waals surface area contributed by atoms with Crippen LogP contribution in [0.2, 0.25) is 19.6 Å². The fraction of sp³-hybridized carbons (Fsp3) is 0.471. The molecule has 0 saturated carbocycles. The highest BCUT2D eigenvalue weighted by Crippen LogP contribution is 2.27. The molecule has 0 fully saturated rings. The van der Waals surface area contributed by atoms with Crippen molar-refractivity contribution in [3.05, 3.63) is 28.8 Å². The quantitative estimate of drug-likeness (QED) is 0.342. The highest BCUT2D eigenvalue weighted by molar-refractivity contribution is 7.81. The molecule has 5 nitrogen and oxygen atoms in total. The lowest BCUT2D eigenvalue weighted by molar-refractivity contribution is 0.00691. The third kappa shape index (κ3) is 7.71. The Hall–Kier alpha value is -1.85. The third-order valence-corrected chi connectivity index (χ3v) is 4.01. The Morgan fingerprint density at radius 1 is 1.20 bits per heavy atom. The third-order valence-electron chi connectivity index (χ3n) is 2.76. The summed E-state index contributed by atoms with van der Waals surface area (Å²) < 4.78 is 44.3. The molecule has 25 heavy (non-hydrogen) atoms. The van der Waals surface area contributed by atoms with Gasteiger partial charge in [0, 0.05) is 11.1 Å². The second kappa shape index (κ2) is 7.18. The number of halogens is 1. The molecule has 0 aromatic heterocycles. The zero-order valence-electron chi connectivity index (χ0n) is 15.5. The Kier molecular flexibility index (Phi) is 6.08. The lowest BCUT2D eigenvalue weighted by Gasteiger charge is -2.20. The molecule has 0 atom stereocenters. The van der Waals surface area contributed by atoms with Gasteiger partial charge >= 0.3 is 16.5 Å². The van der Waals surface area contributed by atoms with E-state index in [1.165, 1.54) is 6.07 Å². The van der Waals surface area contributed by atoms with Gasteiger partial charge in [0.1, 0.15) is 19.4 Å². The Balaban J connectivity index is 3.50. The lowest BCUT2D eigenvalue weighted by Crippen LogP contribution is -2.24. The number of hydrogen-bond acceptors (Lipinski definition) is 5. The average Bonchev–Trinajstić information content (AvgIpc) is 2.34. The van der Waals surface area contributed by atoms with Crippen LogP contribution in [0.15, 0.2) is 12.1 Å². The Labute approximate surface area is 150 Å². The fourth-order valence-corrected chi connectivity index (χ4v) is 2.62. The first kappa shape index (κ1) is 21.2. The van der Waals surface area contributed by atoms with Gasteiger partial charge in [-0.25, -0.2) is 4.79 Å². The number of rotatable bonds is 3. The smallest absolute Gasteiger partial charge is 0.456 e. The zero-order valence-corrected chi connectivity index (χ0v) is 17.3. The van der Waals surface area contributed by atoms with E-state index >= 15 is 0 Å². The number of esters is 1. The second-order valence-corrected chi connectivity index (χ2v) is 13.3. The van der Waals surface area contributed by atoms with Gasteiger partial charge in [-0.3, -0.25) is 0 Å². The zero-order chi connectivity index (χ0) is 19.6. The van der Waals surface area contributed by atoms with Gasteiger partial charge in [-0.1, -0.05) is 29.4 Å². The highest BCUT2D eigenvalue weighted by atomic mass is 32.3. The van der Waals surface area contributed by atoms with Crippen molar-refractivity contribution in [3.63, 3.8) is 0 Å². The first-order chi connectivity index (χ1) is 11.1. The predicted octanol–water partition coefficient (Wildman–Crippen LogP) is 3.77. The standard InChI is InChI=1S/C17H23FO5SSi/c1-12-13(8-9-25(5,6)7)10-14(16(19)22-17(2,3)4)11-15(12)23-24(18,20)21/h10-11H,1-7H3. The van der Waals surface area contributed by atoms with E-state index < -0.39 is 30.1 Å². The van der Waals surface area contributed by atoms with Crippen molar-refractivity contribution in [1.29, 1.82) is 0 Å². The molecule has 0 aliphatic heterocycles. The summed E-state index contributed by atoms with van der Waals surface area (Å²) in [6, 6.07) is 2.63. The minimum atomic E-state index is -5.23. The fourth-order valence-electron chi connectivity index (χ4n) is 1.72. The van der Waals surface area contributed by atoms with Crippen molar-refractivity contribution in [1.82, 2.24) is 0 Å². The summed E-state index contributed by atoms with van der Waals surface area (Å²) in [5.41, 5.74) is 3.15. The molecule has 0 bridgehead atoms. The van der Waals surface area contributed by atoms with Crippen LogP contribution in [0.1, 0.15) is 42.3 Å². The molecule has 0 N–H and O–H groups in total. The van der Waals surface area contributed by atoms with Crippen molar-refractivity contribution >= 4 is 24.5 Å². The van der Waals surface area contributed by atoms with Gasteiger partial charge in [0.2, 0.25) is 0 Å². The predicted molar refractivity (Wildman–Crippen MR) is 97.2 cm³/mol. The summed E-state index contributed by atoms with van der Waals surface area (Å²) in [6.07, 6.45) is 0. The van der Waals surface area contributed by atoms with Gasteiger partial charge in [0.25, 0.3) is 0 Å². The van der Waals surface area contributed by atoms with Crippen LogP contribution in [0.3, 0.4) is 0 Å². The Morgan fingerprint density at radius 2 is 1.76 bits per heavy atom. The molecule has 138 valence electrons. The molecule has 0 radical (unpaired) electrons. The normalized spacial score (nSPS) is 12.2. The van der Waals surface area contributed by atoms with Crippen LogP contribution in [0, 0.1) is 18.4 Å². The van der Waals surface area contributed by atoms with E-state index in [0.29, 0.717) is 11.1 Å². The minimum absolute atomic E-state index is 0.0408. The van der Waals surface area contributed by atoms with Crippen molar-refractivity contribution in [2.24, 2.45) is 0 Å². The van der Waals surface area contributed by atoms with Gasteiger partial charge in [-0.2, -0.15) is 8.42 Å². The summed E-state index contributed by atoms with van der Waals surface area (Å²) in [6.45, 7) is 12.8. The van der Waals surface area contributed by atoms with Gasteiger partial charge in [-0.15, -0.1) is 5.54 Å². The minimum Gasteiger partial charge on any atom is -0.456 e. The van der Waals surface area contributed by atoms with Crippen molar-refractivity contribution in [2.45, 2.75) is 52.9 Å². The van der Waals surface area contributed by atoms with E-state index in [1.807, 2.05) is 19.6 Å². The molecular formula is C17H23FO5SSi. The van der Waals surface area contributed by atoms with E-state index in [1.54, 1.807) is 27.7 Å². The highest BCUT2D eigenvalue weighted by Gasteiger charge is 2.22. The van der Waals surface area contributed by atoms with Gasteiger partial charge < -0.3 is 8.92 Å². The monoisotopic (exact) mass is 386 g/mol. The van der Waals surface area contributed by atoms with Crippen LogP contribution in [0.4, 0.5) is 3.89 Å². The first-order valence-corrected chi connectivity index (χ1v) is 12.4. The number of carbonyl (C=O) groups is 1. The number of benzene rings is 1. The summed E-state index contributed by atoms with van der Waals surface area (Å²) in [4.78, 5) is 12.3. The van der Waals surface area contributed by atoms with Crippen molar-refractivity contribution in [2.75, 3.05) is 0 Å². The molecule has 0 heterocycles. The molecule has 0 aliphatic rings. The maximum atomic E-state index is 13.0. The molecule has 0 spiro atoms. The average molecular weight is 387 g/mol. The second-order valence-electron chi connectivity index (χ2n) is 7.63. The number of ether oxygens (including phenoxy) is 1. The van der Waals surface area contributed by atoms with Crippen molar-refractivity contribution in [3.8, 4) is 17.2 Å². The molecule has 0 amide bonds. The van der Waals surface area contributed by atoms with Crippen molar-refractivity contribution < 1.29 is 26.0 Å². The maximum absolute atomic E-state index is 13.0. The largest absolute Gasteiger partial charge is 0.488 e. The van der Waals surface area contributed by atoms with E-state index in [4.69, 9.17) is 4.74 Å². The van der Waals surface area contributed by atoms with E-state index in [0.717, 1.165) is 6.07 Å². The molecular weight excluding hydrogens is 363 g/mol.